The van der Waals surface area contributed by atoms with Crippen LogP contribution in [-0.4, -0.2) is 29.3 Å². The molecule has 0 aliphatic rings. The van der Waals surface area contributed by atoms with E-state index in [0.29, 0.717) is 11.5 Å². The van der Waals surface area contributed by atoms with Gasteiger partial charge >= 0.3 is 0 Å². The summed E-state index contributed by atoms with van der Waals surface area (Å²) in [6.07, 6.45) is 1.38. The lowest BCUT2D eigenvalue weighted by molar-refractivity contribution is 0.391. The number of hydrogen-bond acceptors (Lipinski definition) is 5. The van der Waals surface area contributed by atoms with Gasteiger partial charge in [0.2, 0.25) is 5.88 Å². The Hall–Kier alpha value is -2.50. The maximum atomic E-state index is 11.6. The normalized spacial score (nSPS) is 10.2. The zero-order valence-corrected chi connectivity index (χ0v) is 10.6. The van der Waals surface area contributed by atoms with Gasteiger partial charge in [-0.1, -0.05) is 6.07 Å². The minimum atomic E-state index is -0.370. The van der Waals surface area contributed by atoms with E-state index in [1.165, 1.54) is 7.11 Å². The van der Waals surface area contributed by atoms with Crippen molar-refractivity contribution < 1.29 is 14.6 Å². The molecule has 0 saturated heterocycles. The summed E-state index contributed by atoms with van der Waals surface area (Å²) in [5.74, 6) is 0.966. The zero-order valence-electron chi connectivity index (χ0n) is 10.6. The summed E-state index contributed by atoms with van der Waals surface area (Å²) in [6.45, 7) is 0. The molecular weight excluding hydrogens is 248 g/mol. The monoisotopic (exact) mass is 262 g/mol. The Labute approximate surface area is 109 Å². The molecule has 0 amide bonds. The first-order valence-electron chi connectivity index (χ1n) is 5.62. The highest BCUT2D eigenvalue weighted by Gasteiger charge is 2.12. The van der Waals surface area contributed by atoms with Crippen molar-refractivity contribution in [2.24, 2.45) is 0 Å². The van der Waals surface area contributed by atoms with Crippen molar-refractivity contribution in [2.45, 2.75) is 6.42 Å². The third kappa shape index (κ3) is 2.67. The molecular formula is C13H14N2O4. The second-order valence-electron chi connectivity index (χ2n) is 3.89. The molecule has 6 nitrogen and oxygen atoms in total. The van der Waals surface area contributed by atoms with Crippen molar-refractivity contribution >= 4 is 0 Å². The molecule has 0 spiro atoms. The Morgan fingerprint density at radius 3 is 2.74 bits per heavy atom. The summed E-state index contributed by atoms with van der Waals surface area (Å²) < 4.78 is 10.3. The lowest BCUT2D eigenvalue weighted by Crippen LogP contribution is -2.13. The number of H-pyrrole nitrogens is 1. The Balaban J connectivity index is 2.41. The molecule has 0 saturated carbocycles. The van der Waals surface area contributed by atoms with Crippen molar-refractivity contribution in [3.63, 3.8) is 0 Å². The van der Waals surface area contributed by atoms with Gasteiger partial charge in [-0.3, -0.25) is 4.79 Å². The highest BCUT2D eigenvalue weighted by atomic mass is 16.5. The molecule has 0 radical (unpaired) electrons. The van der Waals surface area contributed by atoms with E-state index < -0.39 is 0 Å². The third-order valence-corrected chi connectivity index (χ3v) is 2.79. The summed E-state index contributed by atoms with van der Waals surface area (Å²) in [5, 5.41) is 9.62. The van der Waals surface area contributed by atoms with Gasteiger partial charge in [-0.15, -0.1) is 0 Å². The van der Waals surface area contributed by atoms with E-state index in [9.17, 15) is 9.90 Å². The fraction of sp³-hybridized carbons (Fsp3) is 0.231. The standard InChI is InChI=1S/C13H14N2O4/c1-18-9-4-3-8(11(6-9)19-2)5-10-12(16)14-7-15-13(10)17/h3-4,6-7H,5H2,1-2H3,(H2,14,15,16,17). The number of ether oxygens (including phenoxy) is 2. The number of nitrogens with zero attached hydrogens (tertiary/aromatic N) is 1. The van der Waals surface area contributed by atoms with Crippen LogP contribution in [0.5, 0.6) is 17.4 Å². The molecule has 6 heteroatoms. The molecule has 1 aromatic carbocycles. The Morgan fingerprint density at radius 2 is 2.11 bits per heavy atom. The lowest BCUT2D eigenvalue weighted by atomic mass is 10.1. The fourth-order valence-electron chi connectivity index (χ4n) is 1.77. The maximum absolute atomic E-state index is 11.6. The average molecular weight is 262 g/mol. The van der Waals surface area contributed by atoms with Crippen molar-refractivity contribution in [1.82, 2.24) is 9.97 Å². The maximum Gasteiger partial charge on any atom is 0.258 e. The van der Waals surface area contributed by atoms with Gasteiger partial charge in [0.15, 0.2) is 0 Å². The lowest BCUT2D eigenvalue weighted by Gasteiger charge is -2.10. The molecule has 1 heterocycles. The van der Waals surface area contributed by atoms with Gasteiger partial charge in [0.05, 0.1) is 26.1 Å². The largest absolute Gasteiger partial charge is 0.497 e. The summed E-state index contributed by atoms with van der Waals surface area (Å²) in [7, 11) is 3.09. The van der Waals surface area contributed by atoms with E-state index >= 15 is 0 Å². The number of aromatic nitrogens is 2. The average Bonchev–Trinajstić information content (AvgIpc) is 2.43. The van der Waals surface area contributed by atoms with Crippen LogP contribution in [0.15, 0.2) is 29.3 Å². The van der Waals surface area contributed by atoms with Crippen LogP contribution >= 0.6 is 0 Å². The van der Waals surface area contributed by atoms with Crippen LogP contribution < -0.4 is 15.0 Å². The quantitative estimate of drug-likeness (QED) is 0.861. The molecule has 0 aliphatic carbocycles. The first kappa shape index (κ1) is 12.9. The Morgan fingerprint density at radius 1 is 1.32 bits per heavy atom. The minimum Gasteiger partial charge on any atom is -0.497 e. The third-order valence-electron chi connectivity index (χ3n) is 2.79. The van der Waals surface area contributed by atoms with Gasteiger partial charge < -0.3 is 19.6 Å². The van der Waals surface area contributed by atoms with Crippen LogP contribution in [0.4, 0.5) is 0 Å². The molecule has 0 bridgehead atoms. The molecule has 2 N–H and O–H groups in total. The molecule has 2 aromatic rings. The number of benzene rings is 1. The van der Waals surface area contributed by atoms with E-state index in [1.807, 2.05) is 0 Å². The van der Waals surface area contributed by atoms with Crippen LogP contribution in [0.3, 0.4) is 0 Å². The first-order chi connectivity index (χ1) is 9.15. The SMILES string of the molecule is COc1ccc(Cc2c(O)nc[nH]c2=O)c(OC)c1. The number of rotatable bonds is 4. The van der Waals surface area contributed by atoms with E-state index in [-0.39, 0.29) is 23.4 Å². The molecule has 0 unspecified atom stereocenters. The molecule has 100 valence electrons. The van der Waals surface area contributed by atoms with Crippen LogP contribution in [0, 0.1) is 0 Å². The number of methoxy groups -OCH3 is 2. The van der Waals surface area contributed by atoms with Crippen molar-refractivity contribution in [1.29, 1.82) is 0 Å². The van der Waals surface area contributed by atoms with E-state index in [4.69, 9.17) is 9.47 Å². The number of aromatic hydroxyl groups is 1. The molecule has 0 fully saturated rings. The molecule has 0 aliphatic heterocycles. The van der Waals surface area contributed by atoms with Gasteiger partial charge in [0.1, 0.15) is 11.5 Å². The zero-order chi connectivity index (χ0) is 13.8. The van der Waals surface area contributed by atoms with Crippen LogP contribution in [-0.2, 0) is 6.42 Å². The van der Waals surface area contributed by atoms with Crippen LogP contribution in [0.1, 0.15) is 11.1 Å². The molecule has 1 aromatic heterocycles. The van der Waals surface area contributed by atoms with Crippen LogP contribution in [0.2, 0.25) is 0 Å². The predicted octanol–water partition coefficient (Wildman–Crippen LogP) is 1.08. The predicted molar refractivity (Wildman–Crippen MR) is 68.9 cm³/mol. The second kappa shape index (κ2) is 5.43. The smallest absolute Gasteiger partial charge is 0.258 e. The minimum absolute atomic E-state index is 0.200. The Kier molecular flexibility index (Phi) is 3.70. The van der Waals surface area contributed by atoms with Gasteiger partial charge in [-0.05, 0) is 11.6 Å². The van der Waals surface area contributed by atoms with E-state index in [1.54, 1.807) is 25.3 Å². The first-order valence-corrected chi connectivity index (χ1v) is 5.62. The van der Waals surface area contributed by atoms with Crippen molar-refractivity contribution in [3.8, 4) is 17.4 Å². The molecule has 0 atom stereocenters. The van der Waals surface area contributed by atoms with Crippen LogP contribution in [0.25, 0.3) is 0 Å². The van der Waals surface area contributed by atoms with Gasteiger partial charge in [-0.25, -0.2) is 4.98 Å². The van der Waals surface area contributed by atoms with E-state index in [0.717, 1.165) is 11.9 Å². The number of hydrogen-bond donors (Lipinski definition) is 2. The summed E-state index contributed by atoms with van der Waals surface area (Å²) in [6, 6.07) is 5.26. The van der Waals surface area contributed by atoms with Gasteiger partial charge in [-0.2, -0.15) is 0 Å². The summed E-state index contributed by atoms with van der Waals surface area (Å²) >= 11 is 0. The molecule has 2 rings (SSSR count). The van der Waals surface area contributed by atoms with Gasteiger partial charge in [0, 0.05) is 12.5 Å². The van der Waals surface area contributed by atoms with Gasteiger partial charge in [0.25, 0.3) is 5.56 Å². The fourth-order valence-corrected chi connectivity index (χ4v) is 1.77. The number of nitrogens with one attached hydrogen (secondary N) is 1. The Bertz CT molecular complexity index is 637. The van der Waals surface area contributed by atoms with E-state index in [2.05, 4.69) is 9.97 Å². The number of aromatic amines is 1. The van der Waals surface area contributed by atoms with Crippen molar-refractivity contribution in [3.05, 3.63) is 46.0 Å². The topological polar surface area (TPSA) is 84.4 Å². The highest BCUT2D eigenvalue weighted by Crippen LogP contribution is 2.27. The summed E-state index contributed by atoms with van der Waals surface area (Å²) in [5.41, 5.74) is 0.591. The van der Waals surface area contributed by atoms with Crippen molar-refractivity contribution in [2.75, 3.05) is 14.2 Å². The molecule has 19 heavy (non-hydrogen) atoms. The summed E-state index contributed by atoms with van der Waals surface area (Å²) in [4.78, 5) is 17.7. The second-order valence-corrected chi connectivity index (χ2v) is 3.89. The highest BCUT2D eigenvalue weighted by molar-refractivity contribution is 5.43.